The Morgan fingerprint density at radius 1 is 1.13 bits per heavy atom. The summed E-state index contributed by atoms with van der Waals surface area (Å²) < 4.78 is 0.944. The predicted molar refractivity (Wildman–Crippen MR) is 77.5 cm³/mol. The van der Waals surface area contributed by atoms with E-state index in [0.717, 1.165) is 21.2 Å². The second kappa shape index (κ2) is 4.54. The van der Waals surface area contributed by atoms with E-state index in [-0.39, 0.29) is 0 Å². The molecule has 90 valence electrons. The van der Waals surface area contributed by atoms with E-state index < -0.39 is 0 Å². The second-order valence-corrected chi connectivity index (χ2v) is 7.77. The average molecular weight is 322 g/mol. The van der Waals surface area contributed by atoms with Crippen LogP contribution in [0.15, 0.2) is 0 Å². The first-order valence-corrected chi connectivity index (χ1v) is 7.77. The highest BCUT2D eigenvalue weighted by Gasteiger charge is 2.65. The summed E-state index contributed by atoms with van der Waals surface area (Å²) in [5, 5.41) is 0. The van der Waals surface area contributed by atoms with Crippen molar-refractivity contribution in [3.63, 3.8) is 0 Å². The smallest absolute Gasteiger partial charge is 0.0146 e. The molecule has 0 N–H and O–H groups in total. The molecule has 0 aromatic carbocycles. The van der Waals surface area contributed by atoms with Gasteiger partial charge < -0.3 is 0 Å². The van der Waals surface area contributed by atoms with Gasteiger partial charge in [0.25, 0.3) is 0 Å². The van der Waals surface area contributed by atoms with Gasteiger partial charge in [0.05, 0.1) is 0 Å². The van der Waals surface area contributed by atoms with E-state index in [0.29, 0.717) is 5.41 Å². The molecule has 0 aliphatic heterocycles. The fourth-order valence-corrected chi connectivity index (χ4v) is 5.27. The van der Waals surface area contributed by atoms with Crippen LogP contribution in [-0.2, 0) is 0 Å². The molecule has 0 radical (unpaired) electrons. The lowest BCUT2D eigenvalue weighted by atomic mass is 9.89. The van der Waals surface area contributed by atoms with E-state index in [1.54, 1.807) is 0 Å². The fraction of sp³-hybridized carbons (Fsp3) is 1.00. The summed E-state index contributed by atoms with van der Waals surface area (Å²) in [7, 11) is 0. The molecule has 3 atom stereocenters. The van der Waals surface area contributed by atoms with E-state index in [4.69, 9.17) is 0 Å². The van der Waals surface area contributed by atoms with Crippen LogP contribution in [-0.4, -0.2) is 3.92 Å². The molecule has 2 aliphatic rings. The molecule has 0 amide bonds. The highest BCUT2D eigenvalue weighted by molar-refractivity contribution is 14.1. The minimum Gasteiger partial charge on any atom is -0.0823 e. The molecule has 3 unspecified atom stereocenters. The quantitative estimate of drug-likeness (QED) is 0.454. The van der Waals surface area contributed by atoms with E-state index >= 15 is 0 Å². The van der Waals surface area contributed by atoms with Gasteiger partial charge in [-0.1, -0.05) is 64.1 Å². The number of rotatable bonds is 1. The van der Waals surface area contributed by atoms with Crippen molar-refractivity contribution in [3.8, 4) is 0 Å². The van der Waals surface area contributed by atoms with Gasteiger partial charge in [-0.3, -0.25) is 0 Å². The summed E-state index contributed by atoms with van der Waals surface area (Å²) in [6, 6.07) is 0. The van der Waals surface area contributed by atoms with Crippen molar-refractivity contribution in [1.29, 1.82) is 0 Å². The van der Waals surface area contributed by atoms with Crippen LogP contribution in [0.5, 0.6) is 0 Å². The zero-order valence-electron chi connectivity index (χ0n) is 11.2. The molecule has 0 nitrogen and oxygen atoms in total. The summed E-state index contributed by atoms with van der Waals surface area (Å²) in [5.41, 5.74) is 1.42. The molecule has 2 rings (SSSR count). The van der Waals surface area contributed by atoms with Crippen molar-refractivity contribution in [2.24, 2.45) is 22.7 Å². The van der Waals surface area contributed by atoms with E-state index in [1.165, 1.54) is 19.3 Å². The molecule has 2 fully saturated rings. The van der Waals surface area contributed by atoms with Gasteiger partial charge in [-0.15, -0.1) is 0 Å². The third-order valence-corrected chi connectivity index (χ3v) is 5.99. The number of hydrogen-bond donors (Lipinski definition) is 0. The van der Waals surface area contributed by atoms with Crippen LogP contribution < -0.4 is 0 Å². The van der Waals surface area contributed by atoms with Crippen molar-refractivity contribution in [2.75, 3.05) is 0 Å². The Morgan fingerprint density at radius 2 is 1.60 bits per heavy atom. The van der Waals surface area contributed by atoms with Gasteiger partial charge in [0.15, 0.2) is 0 Å². The summed E-state index contributed by atoms with van der Waals surface area (Å²) in [4.78, 5) is 0. The Bertz CT molecular complexity index is 219. The molecule has 0 saturated heterocycles. The molecule has 0 bridgehead atoms. The largest absolute Gasteiger partial charge is 0.0823 e. The van der Waals surface area contributed by atoms with Gasteiger partial charge in [0, 0.05) is 3.92 Å². The Labute approximate surface area is 110 Å². The molecule has 2 saturated carbocycles. The molecule has 0 heterocycles. The third kappa shape index (κ3) is 2.37. The Balaban J connectivity index is 0.000000531. The Morgan fingerprint density at radius 3 is 1.80 bits per heavy atom. The highest BCUT2D eigenvalue weighted by atomic mass is 127. The average Bonchev–Trinajstić information content (AvgIpc) is 2.51. The van der Waals surface area contributed by atoms with Gasteiger partial charge in [0.2, 0.25) is 0 Å². The minimum absolute atomic E-state index is 0.667. The van der Waals surface area contributed by atoms with Crippen molar-refractivity contribution in [2.45, 2.75) is 64.7 Å². The van der Waals surface area contributed by atoms with Crippen LogP contribution >= 0.6 is 22.6 Å². The van der Waals surface area contributed by atoms with Crippen LogP contribution in [0, 0.1) is 22.7 Å². The summed E-state index contributed by atoms with van der Waals surface area (Å²) in [5.74, 6) is 1.88. The first kappa shape index (κ1) is 13.8. The van der Waals surface area contributed by atoms with Crippen molar-refractivity contribution in [1.82, 2.24) is 0 Å². The van der Waals surface area contributed by atoms with Crippen molar-refractivity contribution >= 4 is 22.6 Å². The van der Waals surface area contributed by atoms with Crippen molar-refractivity contribution < 1.29 is 0 Å². The van der Waals surface area contributed by atoms with Gasteiger partial charge in [-0.2, -0.15) is 0 Å². The zero-order valence-corrected chi connectivity index (χ0v) is 13.4. The molecule has 0 aromatic rings. The fourth-order valence-electron chi connectivity index (χ4n) is 3.34. The van der Waals surface area contributed by atoms with Crippen LogP contribution in [0.25, 0.3) is 0 Å². The predicted octanol–water partition coefficient (Wildman–Crippen LogP) is 5.30. The minimum atomic E-state index is 0.667. The Kier molecular flexibility index (Phi) is 4.18. The van der Waals surface area contributed by atoms with Gasteiger partial charge in [0.1, 0.15) is 0 Å². The molecule has 1 heteroatoms. The van der Waals surface area contributed by atoms with Crippen LogP contribution in [0.3, 0.4) is 0 Å². The lowest BCUT2D eigenvalue weighted by molar-refractivity contribution is 0.339. The SMILES string of the molecule is CC.CC(C)C1CC2(CC1I)CC2(C)C. The van der Waals surface area contributed by atoms with Crippen LogP contribution in [0.4, 0.5) is 0 Å². The van der Waals surface area contributed by atoms with Crippen molar-refractivity contribution in [3.05, 3.63) is 0 Å². The monoisotopic (exact) mass is 322 g/mol. The molecule has 2 aliphatic carbocycles. The van der Waals surface area contributed by atoms with Crippen LogP contribution in [0.2, 0.25) is 0 Å². The standard InChI is InChI=1S/C12H21I.C2H6/c1-8(2)9-5-12(6-10(9)13)7-11(12,3)4;1-2/h8-10H,5-7H2,1-4H3;1-2H3. The topological polar surface area (TPSA) is 0 Å². The maximum Gasteiger partial charge on any atom is 0.0146 e. The normalized spacial score (nSPS) is 41.6. The Hall–Kier alpha value is 0.730. The molecular formula is C14H27I. The maximum atomic E-state index is 2.69. The first-order chi connectivity index (χ1) is 6.88. The highest BCUT2D eigenvalue weighted by Crippen LogP contribution is 2.73. The lowest BCUT2D eigenvalue weighted by Gasteiger charge is -2.18. The van der Waals surface area contributed by atoms with E-state index in [1.807, 2.05) is 13.8 Å². The molecule has 15 heavy (non-hydrogen) atoms. The van der Waals surface area contributed by atoms with E-state index in [2.05, 4.69) is 50.3 Å². The summed E-state index contributed by atoms with van der Waals surface area (Å²) in [6.07, 6.45) is 4.48. The number of alkyl halides is 1. The second-order valence-electron chi connectivity index (χ2n) is 6.17. The third-order valence-electron chi connectivity index (χ3n) is 4.62. The number of hydrogen-bond acceptors (Lipinski definition) is 0. The van der Waals surface area contributed by atoms with Gasteiger partial charge in [-0.25, -0.2) is 0 Å². The molecular weight excluding hydrogens is 295 g/mol. The summed E-state index contributed by atoms with van der Waals surface area (Å²) >= 11 is 2.69. The zero-order chi connectivity index (χ0) is 11.9. The molecule has 1 spiro atoms. The van der Waals surface area contributed by atoms with Gasteiger partial charge in [-0.05, 0) is 41.9 Å². The van der Waals surface area contributed by atoms with Gasteiger partial charge >= 0.3 is 0 Å². The lowest BCUT2D eigenvalue weighted by Crippen LogP contribution is -2.13. The molecule has 0 aromatic heterocycles. The maximum absolute atomic E-state index is 2.69. The van der Waals surface area contributed by atoms with E-state index in [9.17, 15) is 0 Å². The summed E-state index contributed by atoms with van der Waals surface area (Å²) in [6.45, 7) is 13.7. The first-order valence-electron chi connectivity index (χ1n) is 6.52. The van der Waals surface area contributed by atoms with Crippen LogP contribution in [0.1, 0.15) is 60.8 Å². The number of halogens is 1.